The maximum atomic E-state index is 12.6. The lowest BCUT2D eigenvalue weighted by molar-refractivity contribution is -0.171. The summed E-state index contributed by atoms with van der Waals surface area (Å²) >= 11 is 0. The average molecular weight is 319 g/mol. The molecule has 0 aromatic heterocycles. The van der Waals surface area contributed by atoms with Crippen molar-refractivity contribution in [2.24, 2.45) is 35.0 Å². The van der Waals surface area contributed by atoms with Gasteiger partial charge in [0.2, 0.25) is 11.8 Å². The molecular weight excluding hydrogens is 294 g/mol. The molecule has 23 heavy (non-hydrogen) atoms. The fraction of sp³-hybridized carbons (Fsp3) is 0.833. The van der Waals surface area contributed by atoms with Crippen molar-refractivity contribution < 1.29 is 19.1 Å². The second-order valence-corrected chi connectivity index (χ2v) is 8.88. The second-order valence-electron chi connectivity index (χ2n) is 8.88. The van der Waals surface area contributed by atoms with Crippen molar-refractivity contribution in [3.63, 3.8) is 0 Å². The highest BCUT2D eigenvalue weighted by Gasteiger charge is 2.69. The fourth-order valence-corrected chi connectivity index (χ4v) is 5.82. The van der Waals surface area contributed by atoms with E-state index in [0.29, 0.717) is 23.7 Å². The van der Waals surface area contributed by atoms with Gasteiger partial charge < -0.3 is 4.74 Å². The third-order valence-corrected chi connectivity index (χ3v) is 6.54. The van der Waals surface area contributed by atoms with Crippen LogP contribution in [0.15, 0.2) is 0 Å². The number of likely N-dealkylation sites (tertiary alicyclic amines) is 1. The van der Waals surface area contributed by atoms with Crippen LogP contribution in [-0.2, 0) is 19.1 Å². The average Bonchev–Trinajstić information content (AvgIpc) is 3.05. The Morgan fingerprint density at radius 1 is 1.13 bits per heavy atom. The Labute approximate surface area is 136 Å². The highest BCUT2D eigenvalue weighted by molar-refractivity contribution is 6.04. The minimum absolute atomic E-state index is 0.0211. The van der Waals surface area contributed by atoms with E-state index in [4.69, 9.17) is 4.74 Å². The highest BCUT2D eigenvalue weighted by atomic mass is 16.5. The third kappa shape index (κ3) is 1.94. The zero-order valence-corrected chi connectivity index (χ0v) is 14.2. The van der Waals surface area contributed by atoms with E-state index < -0.39 is 5.41 Å². The quantitative estimate of drug-likeness (QED) is 0.548. The van der Waals surface area contributed by atoms with Crippen molar-refractivity contribution in [2.45, 2.75) is 59.1 Å². The number of fused-ring (bicyclic) bond motifs is 7. The molecule has 7 unspecified atom stereocenters. The van der Waals surface area contributed by atoms with Crippen molar-refractivity contribution in [1.29, 1.82) is 0 Å². The molecule has 4 fully saturated rings. The Kier molecular flexibility index (Phi) is 3.02. The maximum Gasteiger partial charge on any atom is 0.302 e. The van der Waals surface area contributed by atoms with E-state index >= 15 is 0 Å². The number of imide groups is 1. The molecule has 126 valence electrons. The monoisotopic (exact) mass is 319 g/mol. The Bertz CT molecular complexity index is 592. The second kappa shape index (κ2) is 4.58. The lowest BCUT2D eigenvalue weighted by Crippen LogP contribution is -2.65. The minimum Gasteiger partial charge on any atom is -0.462 e. The summed E-state index contributed by atoms with van der Waals surface area (Å²) in [6, 6.07) is 0.104. The van der Waals surface area contributed by atoms with Crippen LogP contribution < -0.4 is 0 Å². The van der Waals surface area contributed by atoms with Gasteiger partial charge in [0.25, 0.3) is 0 Å². The Balaban J connectivity index is 1.55. The van der Waals surface area contributed by atoms with Gasteiger partial charge in [0.15, 0.2) is 0 Å². The van der Waals surface area contributed by atoms with Crippen LogP contribution in [0.5, 0.6) is 0 Å². The standard InChI is InChI=1S/C18H25NO4/c1-8(20)23-13-6-9-5-10(13)11-7-12-15(14(9)11)19(16(12)21)17(22)18(2,3)4/h9-15H,5-7H2,1-4H3. The summed E-state index contributed by atoms with van der Waals surface area (Å²) in [4.78, 5) is 38.0. The van der Waals surface area contributed by atoms with Gasteiger partial charge in [-0.05, 0) is 42.9 Å². The first-order valence-corrected chi connectivity index (χ1v) is 8.75. The fourth-order valence-electron chi connectivity index (χ4n) is 5.82. The molecule has 4 aliphatic rings. The number of carbonyl (C=O) groups is 3. The van der Waals surface area contributed by atoms with Crippen LogP contribution >= 0.6 is 0 Å². The molecule has 0 N–H and O–H groups in total. The first-order chi connectivity index (χ1) is 10.7. The Hall–Kier alpha value is -1.39. The number of rotatable bonds is 1. The molecule has 0 radical (unpaired) electrons. The first-order valence-electron chi connectivity index (χ1n) is 8.75. The Morgan fingerprint density at radius 2 is 1.83 bits per heavy atom. The predicted octanol–water partition coefficient (Wildman–Crippen LogP) is 1.99. The summed E-state index contributed by atoms with van der Waals surface area (Å²) in [7, 11) is 0. The van der Waals surface area contributed by atoms with Gasteiger partial charge in [0, 0.05) is 12.3 Å². The normalized spacial score (nSPS) is 43.9. The third-order valence-electron chi connectivity index (χ3n) is 6.54. The summed E-state index contributed by atoms with van der Waals surface area (Å²) < 4.78 is 5.50. The molecule has 0 aromatic carbocycles. The van der Waals surface area contributed by atoms with Gasteiger partial charge in [0.05, 0.1) is 12.0 Å². The van der Waals surface area contributed by atoms with Gasteiger partial charge in [-0.25, -0.2) is 0 Å². The molecule has 2 bridgehead atoms. The van der Waals surface area contributed by atoms with Crippen molar-refractivity contribution in [1.82, 2.24) is 4.90 Å². The number of amides is 2. The summed E-state index contributed by atoms with van der Waals surface area (Å²) in [6.45, 7) is 7.09. The number of ether oxygens (including phenoxy) is 1. The molecule has 5 nitrogen and oxygen atoms in total. The van der Waals surface area contributed by atoms with E-state index in [-0.39, 0.29) is 35.8 Å². The van der Waals surface area contributed by atoms with Gasteiger partial charge in [-0.2, -0.15) is 0 Å². The molecule has 0 spiro atoms. The van der Waals surface area contributed by atoms with Gasteiger partial charge in [-0.3, -0.25) is 19.3 Å². The lowest BCUT2D eigenvalue weighted by Gasteiger charge is -2.48. The molecule has 1 saturated heterocycles. The van der Waals surface area contributed by atoms with Crippen LogP contribution in [0.2, 0.25) is 0 Å². The van der Waals surface area contributed by atoms with E-state index in [2.05, 4.69) is 0 Å². The van der Waals surface area contributed by atoms with Gasteiger partial charge in [-0.15, -0.1) is 0 Å². The molecule has 1 heterocycles. The van der Waals surface area contributed by atoms with Crippen molar-refractivity contribution in [3.8, 4) is 0 Å². The molecule has 5 heteroatoms. The van der Waals surface area contributed by atoms with E-state index in [9.17, 15) is 14.4 Å². The molecule has 3 aliphatic carbocycles. The smallest absolute Gasteiger partial charge is 0.302 e. The number of carbonyl (C=O) groups excluding carboxylic acids is 3. The maximum absolute atomic E-state index is 12.6. The molecular formula is C18H25NO4. The minimum atomic E-state index is -0.517. The number of esters is 1. The largest absolute Gasteiger partial charge is 0.462 e. The zero-order chi connectivity index (χ0) is 16.7. The van der Waals surface area contributed by atoms with Crippen LogP contribution in [0.25, 0.3) is 0 Å². The Morgan fingerprint density at radius 3 is 2.43 bits per heavy atom. The van der Waals surface area contributed by atoms with E-state index in [1.807, 2.05) is 20.8 Å². The van der Waals surface area contributed by atoms with Crippen LogP contribution in [0.4, 0.5) is 0 Å². The van der Waals surface area contributed by atoms with Crippen molar-refractivity contribution >= 4 is 17.8 Å². The first kappa shape index (κ1) is 15.2. The topological polar surface area (TPSA) is 63.7 Å². The summed E-state index contributed by atoms with van der Waals surface area (Å²) in [5.74, 6) is 1.55. The van der Waals surface area contributed by atoms with E-state index in [1.54, 1.807) is 4.90 Å². The van der Waals surface area contributed by atoms with Gasteiger partial charge in [0.1, 0.15) is 6.10 Å². The summed E-state index contributed by atoms with van der Waals surface area (Å²) in [5, 5.41) is 0. The summed E-state index contributed by atoms with van der Waals surface area (Å²) in [6.07, 6.45) is 2.89. The number of hydrogen-bond donors (Lipinski definition) is 0. The van der Waals surface area contributed by atoms with Crippen LogP contribution in [0.3, 0.4) is 0 Å². The number of hydrogen-bond acceptors (Lipinski definition) is 4. The van der Waals surface area contributed by atoms with E-state index in [0.717, 1.165) is 19.3 Å². The SMILES string of the molecule is CC(=O)OC1CC2CC1C1CC3C(=O)N(C(=O)C(C)(C)C)C3C21. The molecule has 7 atom stereocenters. The molecule has 2 amide bonds. The highest BCUT2D eigenvalue weighted by Crippen LogP contribution is 2.64. The van der Waals surface area contributed by atoms with Crippen molar-refractivity contribution in [2.75, 3.05) is 0 Å². The molecule has 1 aliphatic heterocycles. The molecule has 3 saturated carbocycles. The van der Waals surface area contributed by atoms with Gasteiger partial charge >= 0.3 is 5.97 Å². The molecule has 0 aromatic rings. The molecule has 4 rings (SSSR count). The van der Waals surface area contributed by atoms with Crippen molar-refractivity contribution in [3.05, 3.63) is 0 Å². The van der Waals surface area contributed by atoms with Crippen LogP contribution in [0, 0.1) is 35.0 Å². The number of β-lactam (4-membered cyclic amide) rings is 1. The van der Waals surface area contributed by atoms with Crippen LogP contribution in [0.1, 0.15) is 47.0 Å². The van der Waals surface area contributed by atoms with E-state index in [1.165, 1.54) is 6.92 Å². The van der Waals surface area contributed by atoms with Gasteiger partial charge in [-0.1, -0.05) is 20.8 Å². The summed E-state index contributed by atoms with van der Waals surface area (Å²) in [5.41, 5.74) is -0.517. The lowest BCUT2D eigenvalue weighted by atomic mass is 9.76. The zero-order valence-electron chi connectivity index (χ0n) is 14.2. The number of nitrogens with zero attached hydrogens (tertiary/aromatic N) is 1. The van der Waals surface area contributed by atoms with Crippen LogP contribution in [-0.4, -0.2) is 34.8 Å². The predicted molar refractivity (Wildman–Crippen MR) is 82.0 cm³/mol.